The average Bonchev–Trinajstić information content (AvgIpc) is 2.61. The van der Waals surface area contributed by atoms with Crippen LogP contribution in [-0.2, 0) is 11.3 Å². The highest BCUT2D eigenvalue weighted by atomic mass is 16.5. The van der Waals surface area contributed by atoms with Crippen molar-refractivity contribution in [3.05, 3.63) is 35.4 Å². The van der Waals surface area contributed by atoms with Crippen LogP contribution in [0.1, 0.15) is 36.9 Å². The van der Waals surface area contributed by atoms with E-state index >= 15 is 0 Å². The number of hydrogen-bond acceptors (Lipinski definition) is 3. The molecule has 0 bridgehead atoms. The van der Waals surface area contributed by atoms with Gasteiger partial charge < -0.3 is 15.4 Å². The fraction of sp³-hybridized carbons (Fsp3) is 0.600. The zero-order valence-corrected chi connectivity index (χ0v) is 11.4. The van der Waals surface area contributed by atoms with Crippen LogP contribution >= 0.6 is 0 Å². The molecule has 100 valence electrons. The maximum atomic E-state index is 5.28. The van der Waals surface area contributed by atoms with Crippen molar-refractivity contribution >= 4 is 0 Å². The Balaban J connectivity index is 2.12. The second-order valence-corrected chi connectivity index (χ2v) is 4.94. The number of hydrogen-bond donors (Lipinski definition) is 2. The van der Waals surface area contributed by atoms with Crippen LogP contribution in [0.25, 0.3) is 0 Å². The van der Waals surface area contributed by atoms with Gasteiger partial charge in [0.2, 0.25) is 0 Å². The molecule has 1 aromatic carbocycles. The van der Waals surface area contributed by atoms with E-state index in [0.29, 0.717) is 12.1 Å². The first-order valence-corrected chi connectivity index (χ1v) is 6.88. The highest BCUT2D eigenvalue weighted by Gasteiger charge is 2.20. The molecule has 2 N–H and O–H groups in total. The van der Waals surface area contributed by atoms with Crippen molar-refractivity contribution in [2.75, 3.05) is 20.3 Å². The molecule has 1 aliphatic heterocycles. The van der Waals surface area contributed by atoms with E-state index in [4.69, 9.17) is 4.74 Å². The lowest BCUT2D eigenvalue weighted by molar-refractivity contribution is 0.157. The molecule has 18 heavy (non-hydrogen) atoms. The average molecular weight is 248 g/mol. The molecule has 0 spiro atoms. The van der Waals surface area contributed by atoms with E-state index in [1.165, 1.54) is 11.1 Å². The molecular weight excluding hydrogens is 224 g/mol. The van der Waals surface area contributed by atoms with Crippen LogP contribution < -0.4 is 10.6 Å². The standard InChI is InChI=1S/C15H24N2O/c1-3-13(11-18-2)17-15-8-9-16-10-12-6-4-5-7-14(12)15/h4-7,13,15-17H,3,8-11H2,1-2H3. The van der Waals surface area contributed by atoms with Crippen LogP contribution in [0.4, 0.5) is 0 Å². The summed E-state index contributed by atoms with van der Waals surface area (Å²) in [5, 5.41) is 7.22. The van der Waals surface area contributed by atoms with E-state index in [0.717, 1.165) is 32.5 Å². The van der Waals surface area contributed by atoms with Gasteiger partial charge in [0.25, 0.3) is 0 Å². The van der Waals surface area contributed by atoms with Gasteiger partial charge in [0.1, 0.15) is 0 Å². The Morgan fingerprint density at radius 3 is 3.06 bits per heavy atom. The summed E-state index contributed by atoms with van der Waals surface area (Å²) in [6, 6.07) is 9.60. The lowest BCUT2D eigenvalue weighted by Gasteiger charge is -2.25. The van der Waals surface area contributed by atoms with Gasteiger partial charge in [0, 0.05) is 25.7 Å². The first-order valence-electron chi connectivity index (χ1n) is 6.88. The molecule has 0 aliphatic carbocycles. The van der Waals surface area contributed by atoms with Crippen molar-refractivity contribution in [1.82, 2.24) is 10.6 Å². The van der Waals surface area contributed by atoms with Crippen molar-refractivity contribution in [3.63, 3.8) is 0 Å². The zero-order valence-electron chi connectivity index (χ0n) is 11.4. The van der Waals surface area contributed by atoms with Crippen molar-refractivity contribution in [2.45, 2.75) is 38.4 Å². The normalized spacial score (nSPS) is 21.1. The van der Waals surface area contributed by atoms with Gasteiger partial charge >= 0.3 is 0 Å². The predicted molar refractivity (Wildman–Crippen MR) is 74.6 cm³/mol. The molecule has 1 aliphatic rings. The number of fused-ring (bicyclic) bond motifs is 1. The number of nitrogens with one attached hydrogen (secondary N) is 2. The smallest absolute Gasteiger partial charge is 0.0615 e. The van der Waals surface area contributed by atoms with Crippen LogP contribution in [0.3, 0.4) is 0 Å². The minimum Gasteiger partial charge on any atom is -0.383 e. The summed E-state index contributed by atoms with van der Waals surface area (Å²) < 4.78 is 5.28. The van der Waals surface area contributed by atoms with Gasteiger partial charge in [-0.25, -0.2) is 0 Å². The van der Waals surface area contributed by atoms with Gasteiger partial charge in [-0.3, -0.25) is 0 Å². The summed E-state index contributed by atoms with van der Waals surface area (Å²) in [5.41, 5.74) is 2.86. The molecule has 2 atom stereocenters. The van der Waals surface area contributed by atoms with Gasteiger partial charge in [-0.2, -0.15) is 0 Å². The minimum absolute atomic E-state index is 0.436. The molecule has 0 saturated heterocycles. The van der Waals surface area contributed by atoms with Crippen LogP contribution in [0.15, 0.2) is 24.3 Å². The molecule has 0 radical (unpaired) electrons. The number of benzene rings is 1. The molecule has 0 amide bonds. The fourth-order valence-electron chi connectivity index (χ4n) is 2.60. The molecule has 1 aromatic rings. The fourth-order valence-corrected chi connectivity index (χ4v) is 2.60. The largest absolute Gasteiger partial charge is 0.383 e. The molecule has 2 rings (SSSR count). The third-order valence-corrected chi connectivity index (χ3v) is 3.65. The van der Waals surface area contributed by atoms with Crippen LogP contribution in [0.2, 0.25) is 0 Å². The molecule has 2 unspecified atom stereocenters. The first kappa shape index (κ1) is 13.5. The third kappa shape index (κ3) is 3.31. The van der Waals surface area contributed by atoms with Crippen molar-refractivity contribution in [3.8, 4) is 0 Å². The predicted octanol–water partition coefficient (Wildman–Crippen LogP) is 2.24. The Hall–Kier alpha value is -0.900. The maximum Gasteiger partial charge on any atom is 0.0615 e. The SMILES string of the molecule is CCC(COC)NC1CCNCc2ccccc21. The summed E-state index contributed by atoms with van der Waals surface area (Å²) in [6.07, 6.45) is 2.23. The second kappa shape index (κ2) is 6.88. The number of rotatable bonds is 5. The van der Waals surface area contributed by atoms with Gasteiger partial charge in [-0.1, -0.05) is 31.2 Å². The Kier molecular flexibility index (Phi) is 5.17. The summed E-state index contributed by atoms with van der Waals surface area (Å²) in [6.45, 7) is 5.03. The molecule has 3 heteroatoms. The molecule has 1 heterocycles. The van der Waals surface area contributed by atoms with Crippen molar-refractivity contribution in [1.29, 1.82) is 0 Å². The first-order chi connectivity index (χ1) is 8.85. The zero-order chi connectivity index (χ0) is 12.8. The van der Waals surface area contributed by atoms with Gasteiger partial charge in [0.15, 0.2) is 0 Å². The Morgan fingerprint density at radius 1 is 1.44 bits per heavy atom. The van der Waals surface area contributed by atoms with E-state index < -0.39 is 0 Å². The monoisotopic (exact) mass is 248 g/mol. The van der Waals surface area contributed by atoms with E-state index in [1.54, 1.807) is 7.11 Å². The molecule has 0 saturated carbocycles. The van der Waals surface area contributed by atoms with Crippen molar-refractivity contribution in [2.24, 2.45) is 0 Å². The Labute approximate surface area is 110 Å². The quantitative estimate of drug-likeness (QED) is 0.838. The second-order valence-electron chi connectivity index (χ2n) is 4.94. The van der Waals surface area contributed by atoms with Gasteiger partial charge in [0.05, 0.1) is 6.61 Å². The number of methoxy groups -OCH3 is 1. The highest BCUT2D eigenvalue weighted by Crippen LogP contribution is 2.24. The summed E-state index contributed by atoms with van der Waals surface area (Å²) in [7, 11) is 1.77. The van der Waals surface area contributed by atoms with E-state index in [2.05, 4.69) is 41.8 Å². The summed E-state index contributed by atoms with van der Waals surface area (Å²) >= 11 is 0. The van der Waals surface area contributed by atoms with E-state index in [1.807, 2.05) is 0 Å². The van der Waals surface area contributed by atoms with Crippen molar-refractivity contribution < 1.29 is 4.74 Å². The lowest BCUT2D eigenvalue weighted by Crippen LogP contribution is -2.36. The minimum atomic E-state index is 0.436. The molecular formula is C15H24N2O. The van der Waals surface area contributed by atoms with E-state index in [9.17, 15) is 0 Å². The molecule has 0 aromatic heterocycles. The lowest BCUT2D eigenvalue weighted by atomic mass is 9.98. The Bertz CT molecular complexity index is 367. The van der Waals surface area contributed by atoms with E-state index in [-0.39, 0.29) is 0 Å². The highest BCUT2D eigenvalue weighted by molar-refractivity contribution is 5.31. The molecule has 0 fully saturated rings. The van der Waals surface area contributed by atoms with Gasteiger partial charge in [-0.15, -0.1) is 0 Å². The topological polar surface area (TPSA) is 33.3 Å². The summed E-state index contributed by atoms with van der Waals surface area (Å²) in [5.74, 6) is 0. The maximum absolute atomic E-state index is 5.28. The Morgan fingerprint density at radius 2 is 2.28 bits per heavy atom. The third-order valence-electron chi connectivity index (χ3n) is 3.65. The molecule has 3 nitrogen and oxygen atoms in total. The summed E-state index contributed by atoms with van der Waals surface area (Å²) in [4.78, 5) is 0. The van der Waals surface area contributed by atoms with Crippen LogP contribution in [-0.4, -0.2) is 26.3 Å². The van der Waals surface area contributed by atoms with Crippen LogP contribution in [0.5, 0.6) is 0 Å². The number of ether oxygens (including phenoxy) is 1. The van der Waals surface area contributed by atoms with Gasteiger partial charge in [-0.05, 0) is 30.5 Å². The van der Waals surface area contributed by atoms with Crippen LogP contribution in [0, 0.1) is 0 Å².